The first-order valence-corrected chi connectivity index (χ1v) is 10.7. The Morgan fingerprint density at radius 2 is 1.77 bits per heavy atom. The number of carbonyl (C=O) groups excluding carboxylic acids is 1. The van der Waals surface area contributed by atoms with Crippen LogP contribution in [0.25, 0.3) is 11.3 Å². The number of methoxy groups -OCH3 is 1. The highest BCUT2D eigenvalue weighted by Crippen LogP contribution is 2.29. The van der Waals surface area contributed by atoms with E-state index in [0.29, 0.717) is 0 Å². The number of aryl methyl sites for hydroxylation is 1. The number of benzene rings is 2. The van der Waals surface area contributed by atoms with Crippen molar-refractivity contribution in [1.82, 2.24) is 10.2 Å². The van der Waals surface area contributed by atoms with Crippen molar-refractivity contribution in [3.8, 4) is 17.0 Å². The molecule has 0 aliphatic carbocycles. The van der Waals surface area contributed by atoms with Gasteiger partial charge in [0.2, 0.25) is 5.91 Å². The van der Waals surface area contributed by atoms with Crippen LogP contribution in [0, 0.1) is 19.8 Å². The van der Waals surface area contributed by atoms with Gasteiger partial charge in [-0.1, -0.05) is 24.3 Å². The molecule has 1 amide bonds. The number of carbonyl (C=O) groups is 1. The van der Waals surface area contributed by atoms with Crippen molar-refractivity contribution >= 4 is 17.4 Å². The highest BCUT2D eigenvalue weighted by Gasteiger charge is 2.26. The summed E-state index contributed by atoms with van der Waals surface area (Å²) in [6, 6.07) is 17.8. The van der Waals surface area contributed by atoms with Gasteiger partial charge >= 0.3 is 0 Å². The predicted molar refractivity (Wildman–Crippen MR) is 124 cm³/mol. The van der Waals surface area contributed by atoms with E-state index in [9.17, 15) is 4.79 Å². The van der Waals surface area contributed by atoms with E-state index >= 15 is 0 Å². The van der Waals surface area contributed by atoms with E-state index in [2.05, 4.69) is 33.4 Å². The van der Waals surface area contributed by atoms with Crippen LogP contribution < -0.4 is 15.0 Å². The van der Waals surface area contributed by atoms with E-state index in [1.54, 1.807) is 7.11 Å². The van der Waals surface area contributed by atoms with Crippen molar-refractivity contribution in [1.29, 1.82) is 0 Å². The van der Waals surface area contributed by atoms with Crippen LogP contribution in [-0.2, 0) is 4.79 Å². The normalized spacial score (nSPS) is 14.4. The maximum Gasteiger partial charge on any atom is 0.227 e. The molecule has 1 aromatic heterocycles. The molecule has 1 N–H and O–H groups in total. The first-order valence-electron chi connectivity index (χ1n) is 10.7. The van der Waals surface area contributed by atoms with Gasteiger partial charge in [-0.2, -0.15) is 0 Å². The zero-order chi connectivity index (χ0) is 21.8. The summed E-state index contributed by atoms with van der Waals surface area (Å²) in [6.45, 7) is 5.67. The Hall–Kier alpha value is -3.41. The molecule has 1 fully saturated rings. The van der Waals surface area contributed by atoms with Gasteiger partial charge in [0.1, 0.15) is 5.75 Å². The first kappa shape index (κ1) is 20.8. The average Bonchev–Trinajstić information content (AvgIpc) is 2.82. The number of piperidine rings is 1. The molecule has 0 atom stereocenters. The Bertz CT molecular complexity index is 1060. The van der Waals surface area contributed by atoms with Gasteiger partial charge in [0.25, 0.3) is 0 Å². The number of hydrogen-bond acceptors (Lipinski definition) is 5. The lowest BCUT2D eigenvalue weighted by molar-refractivity contribution is -0.120. The lowest BCUT2D eigenvalue weighted by Crippen LogP contribution is -2.38. The smallest absolute Gasteiger partial charge is 0.227 e. The summed E-state index contributed by atoms with van der Waals surface area (Å²) < 4.78 is 5.42. The molecule has 1 saturated heterocycles. The highest BCUT2D eigenvalue weighted by molar-refractivity contribution is 5.93. The fourth-order valence-corrected chi connectivity index (χ4v) is 3.99. The van der Waals surface area contributed by atoms with E-state index < -0.39 is 0 Å². The molecule has 3 aromatic rings. The molecule has 1 aliphatic rings. The van der Waals surface area contributed by atoms with Gasteiger partial charge in [-0.15, -0.1) is 10.2 Å². The molecule has 2 heterocycles. The Labute approximate surface area is 183 Å². The van der Waals surface area contributed by atoms with Crippen LogP contribution in [0.5, 0.6) is 5.75 Å². The zero-order valence-electron chi connectivity index (χ0n) is 18.3. The molecule has 160 valence electrons. The fourth-order valence-electron chi connectivity index (χ4n) is 3.99. The minimum absolute atomic E-state index is 0.0111. The minimum Gasteiger partial charge on any atom is -0.496 e. The number of anilines is 2. The van der Waals surface area contributed by atoms with Crippen LogP contribution in [0.15, 0.2) is 54.6 Å². The molecule has 2 aromatic carbocycles. The topological polar surface area (TPSA) is 67.3 Å². The van der Waals surface area contributed by atoms with Crippen LogP contribution in [0.2, 0.25) is 0 Å². The summed E-state index contributed by atoms with van der Waals surface area (Å²) in [6.07, 6.45) is 1.60. The van der Waals surface area contributed by atoms with Crippen molar-refractivity contribution in [3.05, 3.63) is 65.7 Å². The van der Waals surface area contributed by atoms with E-state index in [4.69, 9.17) is 4.74 Å². The lowest BCUT2D eigenvalue weighted by Gasteiger charge is -2.32. The molecule has 4 rings (SSSR count). The van der Waals surface area contributed by atoms with Crippen LogP contribution in [0.3, 0.4) is 0 Å². The maximum absolute atomic E-state index is 12.8. The Balaban J connectivity index is 1.37. The van der Waals surface area contributed by atoms with E-state index in [-0.39, 0.29) is 11.8 Å². The molecule has 0 radical (unpaired) electrons. The quantitative estimate of drug-likeness (QED) is 0.657. The third-order valence-corrected chi connectivity index (χ3v) is 6.09. The van der Waals surface area contributed by atoms with E-state index in [1.165, 1.54) is 5.56 Å². The Kier molecular flexibility index (Phi) is 6.16. The van der Waals surface area contributed by atoms with Crippen molar-refractivity contribution in [2.45, 2.75) is 26.7 Å². The SMILES string of the molecule is COc1ccccc1-c1ccc(N2CCC(C(=O)Nc3cccc(C)c3C)CC2)nn1. The standard InChI is InChI=1S/C25H28N4O2/c1-17-7-6-9-21(18(17)2)26-25(30)19-13-15-29(16-14-19)24-12-11-22(27-28-24)20-8-4-5-10-23(20)31-3/h4-12,19H,13-16H2,1-3H3,(H,26,30). The number of para-hydroxylation sites is 1. The molecule has 0 unspecified atom stereocenters. The largest absolute Gasteiger partial charge is 0.496 e. The predicted octanol–water partition coefficient (Wildman–Crippen LogP) is 4.62. The van der Waals surface area contributed by atoms with Crippen LogP contribution in [0.1, 0.15) is 24.0 Å². The first-order chi connectivity index (χ1) is 15.1. The summed E-state index contributed by atoms with van der Waals surface area (Å²) in [5.41, 5.74) is 4.92. The summed E-state index contributed by atoms with van der Waals surface area (Å²) in [4.78, 5) is 15.0. The van der Waals surface area contributed by atoms with Crippen LogP contribution in [0.4, 0.5) is 11.5 Å². The number of rotatable bonds is 5. The molecule has 1 aliphatic heterocycles. The van der Waals surface area contributed by atoms with Gasteiger partial charge in [-0.05, 0) is 68.1 Å². The molecular weight excluding hydrogens is 388 g/mol. The number of ether oxygens (including phenoxy) is 1. The second-order valence-corrected chi connectivity index (χ2v) is 7.98. The fraction of sp³-hybridized carbons (Fsp3) is 0.320. The second kappa shape index (κ2) is 9.16. The van der Waals surface area contributed by atoms with Gasteiger partial charge in [0, 0.05) is 30.3 Å². The Morgan fingerprint density at radius 3 is 2.48 bits per heavy atom. The summed E-state index contributed by atoms with van der Waals surface area (Å²) in [5.74, 6) is 1.73. The number of nitrogens with one attached hydrogen (secondary N) is 1. The number of hydrogen-bond donors (Lipinski definition) is 1. The molecule has 6 heteroatoms. The number of nitrogens with zero attached hydrogens (tertiary/aromatic N) is 3. The molecule has 31 heavy (non-hydrogen) atoms. The molecule has 0 saturated carbocycles. The average molecular weight is 417 g/mol. The third kappa shape index (κ3) is 4.53. The van der Waals surface area contributed by atoms with E-state index in [1.807, 2.05) is 55.5 Å². The second-order valence-electron chi connectivity index (χ2n) is 7.98. The van der Waals surface area contributed by atoms with Gasteiger partial charge in [-0.3, -0.25) is 4.79 Å². The Morgan fingerprint density at radius 1 is 1.00 bits per heavy atom. The van der Waals surface area contributed by atoms with Gasteiger partial charge in [-0.25, -0.2) is 0 Å². The molecule has 6 nitrogen and oxygen atoms in total. The van der Waals surface area contributed by atoms with Crippen molar-refractivity contribution < 1.29 is 9.53 Å². The number of amides is 1. The van der Waals surface area contributed by atoms with Crippen LogP contribution in [-0.4, -0.2) is 36.3 Å². The zero-order valence-corrected chi connectivity index (χ0v) is 18.3. The monoisotopic (exact) mass is 416 g/mol. The lowest BCUT2D eigenvalue weighted by atomic mass is 9.95. The van der Waals surface area contributed by atoms with Gasteiger partial charge < -0.3 is 15.0 Å². The summed E-state index contributed by atoms with van der Waals surface area (Å²) in [5, 5.41) is 12.0. The van der Waals surface area contributed by atoms with Gasteiger partial charge in [0.05, 0.1) is 12.8 Å². The van der Waals surface area contributed by atoms with Crippen molar-refractivity contribution in [2.24, 2.45) is 5.92 Å². The maximum atomic E-state index is 12.8. The highest BCUT2D eigenvalue weighted by atomic mass is 16.5. The number of aromatic nitrogens is 2. The van der Waals surface area contributed by atoms with Crippen LogP contribution >= 0.6 is 0 Å². The summed E-state index contributed by atoms with van der Waals surface area (Å²) >= 11 is 0. The molecular formula is C25H28N4O2. The third-order valence-electron chi connectivity index (χ3n) is 6.09. The summed E-state index contributed by atoms with van der Waals surface area (Å²) in [7, 11) is 1.65. The van der Waals surface area contributed by atoms with E-state index in [0.717, 1.165) is 60.0 Å². The molecule has 0 bridgehead atoms. The minimum atomic E-state index is 0.0111. The molecule has 0 spiro atoms. The van der Waals surface area contributed by atoms with Crippen molar-refractivity contribution in [3.63, 3.8) is 0 Å². The van der Waals surface area contributed by atoms with Gasteiger partial charge in [0.15, 0.2) is 5.82 Å². The van der Waals surface area contributed by atoms with Crippen molar-refractivity contribution in [2.75, 3.05) is 30.4 Å².